The molecule has 39 heavy (non-hydrogen) atoms. The lowest BCUT2D eigenvalue weighted by Gasteiger charge is -2.41. The van der Waals surface area contributed by atoms with Crippen LogP contribution in [0.3, 0.4) is 0 Å². The summed E-state index contributed by atoms with van der Waals surface area (Å²) in [5, 5.41) is 13.0. The predicted octanol–water partition coefficient (Wildman–Crippen LogP) is 4.73. The molecule has 1 saturated heterocycles. The molecule has 2 atom stereocenters. The van der Waals surface area contributed by atoms with E-state index in [2.05, 4.69) is 20.1 Å². The maximum atomic E-state index is 13.2. The highest BCUT2D eigenvalue weighted by molar-refractivity contribution is 5.82. The number of alkyl halides is 3. The Bertz CT molecular complexity index is 1230. The van der Waals surface area contributed by atoms with Crippen LogP contribution in [0.4, 0.5) is 13.2 Å². The molecule has 0 bridgehead atoms. The van der Waals surface area contributed by atoms with E-state index in [0.29, 0.717) is 13.1 Å². The Labute approximate surface area is 227 Å². The number of pyridine rings is 1. The van der Waals surface area contributed by atoms with Crippen LogP contribution < -0.4 is 5.32 Å². The molecule has 2 aromatic carbocycles. The summed E-state index contributed by atoms with van der Waals surface area (Å²) in [5.74, 6) is 0.0101. The first-order chi connectivity index (χ1) is 18.4. The highest BCUT2D eigenvalue weighted by atomic mass is 19.4. The average Bonchev–Trinajstić information content (AvgIpc) is 2.89. The van der Waals surface area contributed by atoms with Gasteiger partial charge in [0, 0.05) is 51.2 Å². The number of nitrogens with one attached hydrogen (secondary N) is 1. The number of benzene rings is 2. The van der Waals surface area contributed by atoms with Crippen molar-refractivity contribution in [3.8, 4) is 11.1 Å². The third kappa shape index (κ3) is 7.03. The lowest BCUT2D eigenvalue weighted by atomic mass is 9.93. The van der Waals surface area contributed by atoms with Crippen molar-refractivity contribution >= 4 is 5.91 Å². The van der Waals surface area contributed by atoms with Gasteiger partial charge in [-0.25, -0.2) is 0 Å². The molecular formula is C30H35F3N4O2. The number of piperazine rings is 1. The number of rotatable bonds is 8. The van der Waals surface area contributed by atoms with E-state index in [0.717, 1.165) is 48.8 Å². The summed E-state index contributed by atoms with van der Waals surface area (Å²) in [5.41, 5.74) is 0.697. The highest BCUT2D eigenvalue weighted by Gasteiger charge is 2.51. The van der Waals surface area contributed by atoms with Crippen LogP contribution in [0, 0.1) is 0 Å². The molecule has 4 rings (SSSR count). The van der Waals surface area contributed by atoms with Gasteiger partial charge in [-0.2, -0.15) is 13.2 Å². The van der Waals surface area contributed by atoms with Gasteiger partial charge in [0.15, 0.2) is 5.60 Å². The van der Waals surface area contributed by atoms with Crippen molar-refractivity contribution in [3.63, 3.8) is 0 Å². The van der Waals surface area contributed by atoms with Crippen LogP contribution in [-0.4, -0.2) is 63.7 Å². The van der Waals surface area contributed by atoms with Gasteiger partial charge in [0.05, 0.1) is 0 Å². The zero-order valence-electron chi connectivity index (χ0n) is 22.4. The van der Waals surface area contributed by atoms with E-state index in [9.17, 15) is 23.1 Å². The Morgan fingerprint density at radius 2 is 1.51 bits per heavy atom. The van der Waals surface area contributed by atoms with Gasteiger partial charge in [-0.15, -0.1) is 0 Å². The van der Waals surface area contributed by atoms with Gasteiger partial charge in [0.25, 0.3) is 0 Å². The van der Waals surface area contributed by atoms with Gasteiger partial charge in [-0.05, 0) is 60.7 Å². The molecule has 0 aliphatic carbocycles. The number of carbonyl (C=O) groups excluding carboxylic acids is 1. The van der Waals surface area contributed by atoms with E-state index in [1.54, 1.807) is 24.5 Å². The Morgan fingerprint density at radius 3 is 2.08 bits per heavy atom. The number of hydrogen-bond acceptors (Lipinski definition) is 5. The first-order valence-corrected chi connectivity index (χ1v) is 13.1. The molecule has 6 nitrogen and oxygen atoms in total. The number of aromatic nitrogens is 1. The van der Waals surface area contributed by atoms with Crippen LogP contribution in [0.2, 0.25) is 0 Å². The zero-order chi connectivity index (χ0) is 28.2. The van der Waals surface area contributed by atoms with Crippen molar-refractivity contribution in [1.29, 1.82) is 0 Å². The molecular weight excluding hydrogens is 505 g/mol. The Kier molecular flexibility index (Phi) is 8.73. The molecule has 1 aromatic heterocycles. The largest absolute Gasteiger partial charge is 0.421 e. The fourth-order valence-corrected chi connectivity index (χ4v) is 4.77. The molecule has 1 aliphatic heterocycles. The first-order valence-electron chi connectivity index (χ1n) is 13.1. The van der Waals surface area contributed by atoms with Crippen LogP contribution in [0.25, 0.3) is 11.1 Å². The van der Waals surface area contributed by atoms with Crippen molar-refractivity contribution in [2.75, 3.05) is 19.6 Å². The molecule has 2 unspecified atom stereocenters. The molecule has 1 fully saturated rings. The van der Waals surface area contributed by atoms with Crippen molar-refractivity contribution in [3.05, 3.63) is 89.7 Å². The van der Waals surface area contributed by atoms with Gasteiger partial charge in [0.1, 0.15) is 6.04 Å². The maximum absolute atomic E-state index is 13.2. The topological polar surface area (TPSA) is 68.7 Å². The molecule has 2 heterocycles. The van der Waals surface area contributed by atoms with E-state index >= 15 is 0 Å². The van der Waals surface area contributed by atoms with Crippen LogP contribution in [0.15, 0.2) is 73.1 Å². The van der Waals surface area contributed by atoms with Gasteiger partial charge in [-0.1, -0.05) is 48.5 Å². The Balaban J connectivity index is 1.45. The summed E-state index contributed by atoms with van der Waals surface area (Å²) < 4.78 is 39.5. The van der Waals surface area contributed by atoms with Crippen LogP contribution in [-0.2, 0) is 23.5 Å². The highest BCUT2D eigenvalue weighted by Crippen LogP contribution is 2.39. The quantitative estimate of drug-likeness (QED) is 0.433. The fraction of sp³-hybridized carbons (Fsp3) is 0.400. The second-order valence-corrected chi connectivity index (χ2v) is 10.6. The molecule has 1 amide bonds. The van der Waals surface area contributed by atoms with Gasteiger partial charge >= 0.3 is 6.18 Å². The van der Waals surface area contributed by atoms with Crippen molar-refractivity contribution in [2.24, 2.45) is 0 Å². The molecule has 0 spiro atoms. The molecule has 1 aliphatic rings. The molecule has 0 radical (unpaired) electrons. The molecule has 3 aromatic rings. The lowest BCUT2D eigenvalue weighted by Crippen LogP contribution is -2.59. The normalized spacial score (nSPS) is 18.6. The minimum atomic E-state index is -4.76. The van der Waals surface area contributed by atoms with Crippen molar-refractivity contribution in [1.82, 2.24) is 20.1 Å². The van der Waals surface area contributed by atoms with Crippen molar-refractivity contribution in [2.45, 2.75) is 57.7 Å². The summed E-state index contributed by atoms with van der Waals surface area (Å²) in [6.45, 7) is 8.21. The lowest BCUT2D eigenvalue weighted by molar-refractivity contribution is -0.258. The summed E-state index contributed by atoms with van der Waals surface area (Å²) in [7, 11) is 0. The molecule has 0 saturated carbocycles. The summed E-state index contributed by atoms with van der Waals surface area (Å²) in [6, 6.07) is 17.3. The fourth-order valence-electron chi connectivity index (χ4n) is 4.77. The third-order valence-corrected chi connectivity index (χ3v) is 7.14. The number of hydrogen-bond donors (Lipinski definition) is 2. The van der Waals surface area contributed by atoms with Crippen LogP contribution in [0.1, 0.15) is 37.5 Å². The van der Waals surface area contributed by atoms with E-state index < -0.39 is 11.8 Å². The molecule has 208 valence electrons. The number of nitrogens with zero attached hydrogens (tertiary/aromatic N) is 3. The number of halogens is 3. The monoisotopic (exact) mass is 540 g/mol. The molecule has 2 N–H and O–H groups in total. The van der Waals surface area contributed by atoms with Crippen LogP contribution in [0.5, 0.6) is 0 Å². The third-order valence-electron chi connectivity index (χ3n) is 7.14. The summed E-state index contributed by atoms with van der Waals surface area (Å²) in [6.07, 6.45) is -1.21. The van der Waals surface area contributed by atoms with Crippen molar-refractivity contribution < 1.29 is 23.1 Å². The van der Waals surface area contributed by atoms with E-state index in [4.69, 9.17) is 0 Å². The Morgan fingerprint density at radius 1 is 0.949 bits per heavy atom. The summed E-state index contributed by atoms with van der Waals surface area (Å²) in [4.78, 5) is 21.7. The summed E-state index contributed by atoms with van der Waals surface area (Å²) >= 11 is 0. The minimum absolute atomic E-state index is 0.0101. The van der Waals surface area contributed by atoms with Crippen LogP contribution >= 0.6 is 0 Å². The average molecular weight is 541 g/mol. The number of aliphatic hydroxyl groups is 1. The van der Waals surface area contributed by atoms with E-state index in [1.807, 2.05) is 50.2 Å². The minimum Gasteiger partial charge on any atom is -0.376 e. The number of carbonyl (C=O) groups is 1. The number of amides is 1. The van der Waals surface area contributed by atoms with Gasteiger partial charge in [-0.3, -0.25) is 19.6 Å². The standard InChI is InChI=1S/C30H35F3N4O2/c1-21(2)35-28(38)27-20-36(18-23-12-14-34-15-13-23)16-17-37(27)19-22-4-6-24(7-5-22)25-8-10-26(11-9-25)29(3,39)30(31,32)33/h4-15,21,27,39H,16-20H2,1-3H3,(H,35,38). The predicted molar refractivity (Wildman–Crippen MR) is 144 cm³/mol. The molecule has 9 heteroatoms. The maximum Gasteiger partial charge on any atom is 0.421 e. The second-order valence-electron chi connectivity index (χ2n) is 10.6. The Hall–Kier alpha value is -3.27. The van der Waals surface area contributed by atoms with Gasteiger partial charge < -0.3 is 10.4 Å². The second kappa shape index (κ2) is 11.9. The SMILES string of the molecule is CC(C)NC(=O)C1CN(Cc2ccncc2)CCN1Cc1ccc(-c2ccc(C(C)(O)C(F)(F)F)cc2)cc1. The smallest absolute Gasteiger partial charge is 0.376 e. The zero-order valence-corrected chi connectivity index (χ0v) is 22.4. The van der Waals surface area contributed by atoms with Gasteiger partial charge in [0.2, 0.25) is 5.91 Å². The first kappa shape index (κ1) is 28.7. The van der Waals surface area contributed by atoms with E-state index in [-0.39, 0.29) is 23.6 Å². The van der Waals surface area contributed by atoms with E-state index in [1.165, 1.54) is 12.1 Å².